The van der Waals surface area contributed by atoms with Gasteiger partial charge in [0.05, 0.1) is 0 Å². The molecule has 66 valence electrons. The van der Waals surface area contributed by atoms with Crippen LogP contribution >= 0.6 is 0 Å². The van der Waals surface area contributed by atoms with E-state index in [-0.39, 0.29) is 5.91 Å². The van der Waals surface area contributed by atoms with Crippen molar-refractivity contribution in [1.29, 1.82) is 0 Å². The smallest absolute Gasteiger partial charge is 0.220 e. The molecule has 0 atom stereocenters. The van der Waals surface area contributed by atoms with Gasteiger partial charge in [0, 0.05) is 26.7 Å². The SMILES string of the molecule is CCCNC(=O)CCCOC. The maximum absolute atomic E-state index is 10.9. The second-order valence-corrected chi connectivity index (χ2v) is 2.45. The molecular weight excluding hydrogens is 142 g/mol. The molecular formula is C8H17NO2. The van der Waals surface area contributed by atoms with Crippen molar-refractivity contribution in [2.24, 2.45) is 0 Å². The Balaban J connectivity index is 3.09. The van der Waals surface area contributed by atoms with Crippen molar-refractivity contribution in [2.45, 2.75) is 26.2 Å². The Bertz CT molecular complexity index is 104. The number of hydrogen-bond donors (Lipinski definition) is 1. The van der Waals surface area contributed by atoms with Crippen molar-refractivity contribution in [1.82, 2.24) is 5.32 Å². The first-order valence-corrected chi connectivity index (χ1v) is 4.07. The molecule has 1 N–H and O–H groups in total. The van der Waals surface area contributed by atoms with Crippen molar-refractivity contribution in [3.63, 3.8) is 0 Å². The Labute approximate surface area is 68.1 Å². The molecule has 0 bridgehead atoms. The van der Waals surface area contributed by atoms with E-state index in [0.717, 1.165) is 19.4 Å². The summed E-state index contributed by atoms with van der Waals surface area (Å²) in [6.45, 7) is 3.49. The fourth-order valence-electron chi connectivity index (χ4n) is 0.730. The average Bonchev–Trinajstić information content (AvgIpc) is 2.01. The van der Waals surface area contributed by atoms with Crippen LogP contribution in [0.5, 0.6) is 0 Å². The van der Waals surface area contributed by atoms with Gasteiger partial charge < -0.3 is 10.1 Å². The van der Waals surface area contributed by atoms with E-state index in [0.29, 0.717) is 13.0 Å². The van der Waals surface area contributed by atoms with Gasteiger partial charge in [-0.05, 0) is 12.8 Å². The molecule has 0 aromatic heterocycles. The molecule has 0 fully saturated rings. The Morgan fingerprint density at radius 1 is 1.55 bits per heavy atom. The molecule has 0 radical (unpaired) electrons. The fraction of sp³-hybridized carbons (Fsp3) is 0.875. The molecule has 0 aliphatic rings. The highest BCUT2D eigenvalue weighted by Gasteiger charge is 1.97. The van der Waals surface area contributed by atoms with Crippen molar-refractivity contribution in [2.75, 3.05) is 20.3 Å². The molecule has 0 saturated heterocycles. The molecule has 0 aliphatic carbocycles. The van der Waals surface area contributed by atoms with Gasteiger partial charge in [0.25, 0.3) is 0 Å². The summed E-state index contributed by atoms with van der Waals surface area (Å²) in [4.78, 5) is 10.9. The number of carbonyl (C=O) groups excluding carboxylic acids is 1. The number of nitrogens with one attached hydrogen (secondary N) is 1. The number of hydrogen-bond acceptors (Lipinski definition) is 2. The molecule has 0 spiro atoms. The van der Waals surface area contributed by atoms with Crippen LogP contribution in [-0.2, 0) is 9.53 Å². The van der Waals surface area contributed by atoms with Crippen LogP contribution in [-0.4, -0.2) is 26.2 Å². The normalized spacial score (nSPS) is 9.64. The molecule has 0 unspecified atom stereocenters. The average molecular weight is 159 g/mol. The van der Waals surface area contributed by atoms with E-state index in [2.05, 4.69) is 5.32 Å². The van der Waals surface area contributed by atoms with Crippen LogP contribution in [0, 0.1) is 0 Å². The van der Waals surface area contributed by atoms with Crippen molar-refractivity contribution in [3.05, 3.63) is 0 Å². The summed E-state index contributed by atoms with van der Waals surface area (Å²) in [5, 5.41) is 2.80. The van der Waals surface area contributed by atoms with Crippen LogP contribution in [0.3, 0.4) is 0 Å². The summed E-state index contributed by atoms with van der Waals surface area (Å²) in [6, 6.07) is 0. The van der Waals surface area contributed by atoms with E-state index in [9.17, 15) is 4.79 Å². The van der Waals surface area contributed by atoms with Gasteiger partial charge in [0.1, 0.15) is 0 Å². The summed E-state index contributed by atoms with van der Waals surface area (Å²) < 4.78 is 4.82. The molecule has 0 aliphatic heterocycles. The minimum Gasteiger partial charge on any atom is -0.385 e. The van der Waals surface area contributed by atoms with Crippen molar-refractivity contribution < 1.29 is 9.53 Å². The molecule has 0 aromatic rings. The van der Waals surface area contributed by atoms with Gasteiger partial charge in [-0.2, -0.15) is 0 Å². The van der Waals surface area contributed by atoms with Gasteiger partial charge >= 0.3 is 0 Å². The number of ether oxygens (including phenoxy) is 1. The topological polar surface area (TPSA) is 38.3 Å². The zero-order valence-corrected chi connectivity index (χ0v) is 7.35. The molecule has 0 aromatic carbocycles. The van der Waals surface area contributed by atoms with Crippen LogP contribution < -0.4 is 5.32 Å². The summed E-state index contributed by atoms with van der Waals surface area (Å²) in [5.41, 5.74) is 0. The van der Waals surface area contributed by atoms with E-state index in [4.69, 9.17) is 4.74 Å². The molecule has 3 heteroatoms. The maximum Gasteiger partial charge on any atom is 0.220 e. The Morgan fingerprint density at radius 2 is 2.27 bits per heavy atom. The summed E-state index contributed by atoms with van der Waals surface area (Å²) >= 11 is 0. The van der Waals surface area contributed by atoms with Gasteiger partial charge in [-0.3, -0.25) is 4.79 Å². The van der Waals surface area contributed by atoms with E-state index < -0.39 is 0 Å². The van der Waals surface area contributed by atoms with E-state index >= 15 is 0 Å². The van der Waals surface area contributed by atoms with Gasteiger partial charge in [-0.25, -0.2) is 0 Å². The van der Waals surface area contributed by atoms with Crippen LogP contribution in [0.4, 0.5) is 0 Å². The highest BCUT2D eigenvalue weighted by molar-refractivity contribution is 5.75. The molecule has 3 nitrogen and oxygen atoms in total. The van der Waals surface area contributed by atoms with Gasteiger partial charge in [-0.15, -0.1) is 0 Å². The predicted octanol–water partition coefficient (Wildman–Crippen LogP) is 0.939. The van der Waals surface area contributed by atoms with Gasteiger partial charge in [0.2, 0.25) is 5.91 Å². The maximum atomic E-state index is 10.9. The molecule has 1 amide bonds. The van der Waals surface area contributed by atoms with Gasteiger partial charge in [-0.1, -0.05) is 6.92 Å². The monoisotopic (exact) mass is 159 g/mol. The first-order chi connectivity index (χ1) is 5.31. The third-order valence-electron chi connectivity index (χ3n) is 1.32. The number of methoxy groups -OCH3 is 1. The summed E-state index contributed by atoms with van der Waals surface area (Å²) in [5.74, 6) is 0.129. The lowest BCUT2D eigenvalue weighted by Crippen LogP contribution is -2.23. The quantitative estimate of drug-likeness (QED) is 0.586. The van der Waals surface area contributed by atoms with E-state index in [1.807, 2.05) is 6.92 Å². The fourth-order valence-corrected chi connectivity index (χ4v) is 0.730. The third kappa shape index (κ3) is 7.33. The van der Waals surface area contributed by atoms with Crippen LogP contribution in [0.25, 0.3) is 0 Å². The summed E-state index contributed by atoms with van der Waals surface area (Å²) in [6.07, 6.45) is 2.38. The van der Waals surface area contributed by atoms with Crippen LogP contribution in [0.15, 0.2) is 0 Å². The molecule has 0 saturated carbocycles. The third-order valence-corrected chi connectivity index (χ3v) is 1.32. The first kappa shape index (κ1) is 10.4. The standard InChI is InChI=1S/C8H17NO2/c1-3-6-9-8(10)5-4-7-11-2/h3-7H2,1-2H3,(H,9,10). The number of amides is 1. The van der Waals surface area contributed by atoms with Crippen LogP contribution in [0.2, 0.25) is 0 Å². The lowest BCUT2D eigenvalue weighted by molar-refractivity contribution is -0.121. The minimum atomic E-state index is 0.129. The molecule has 0 heterocycles. The lowest BCUT2D eigenvalue weighted by Gasteiger charge is -2.01. The molecule has 0 rings (SSSR count). The summed E-state index contributed by atoms with van der Waals surface area (Å²) in [7, 11) is 1.64. The highest BCUT2D eigenvalue weighted by Crippen LogP contribution is 1.88. The van der Waals surface area contributed by atoms with Crippen molar-refractivity contribution in [3.8, 4) is 0 Å². The zero-order valence-electron chi connectivity index (χ0n) is 7.35. The first-order valence-electron chi connectivity index (χ1n) is 4.07. The van der Waals surface area contributed by atoms with E-state index in [1.54, 1.807) is 7.11 Å². The second-order valence-electron chi connectivity index (χ2n) is 2.45. The number of rotatable bonds is 6. The lowest BCUT2D eigenvalue weighted by atomic mass is 10.3. The van der Waals surface area contributed by atoms with E-state index in [1.165, 1.54) is 0 Å². The van der Waals surface area contributed by atoms with Crippen LogP contribution in [0.1, 0.15) is 26.2 Å². The van der Waals surface area contributed by atoms with Gasteiger partial charge in [0.15, 0.2) is 0 Å². The van der Waals surface area contributed by atoms with Crippen molar-refractivity contribution >= 4 is 5.91 Å². The molecule has 11 heavy (non-hydrogen) atoms. The highest BCUT2D eigenvalue weighted by atomic mass is 16.5. The second kappa shape index (κ2) is 7.54. The zero-order chi connectivity index (χ0) is 8.53. The Kier molecular flexibility index (Phi) is 7.15. The predicted molar refractivity (Wildman–Crippen MR) is 44.4 cm³/mol. The minimum absolute atomic E-state index is 0.129. The Morgan fingerprint density at radius 3 is 2.82 bits per heavy atom. The Hall–Kier alpha value is -0.570. The largest absolute Gasteiger partial charge is 0.385 e. The number of carbonyl (C=O) groups is 1.